The monoisotopic (exact) mass is 909 g/mol. The van der Waals surface area contributed by atoms with E-state index in [0.29, 0.717) is 17.7 Å². The third kappa shape index (κ3) is 6.06. The standard InChI is InChI=1S/C64H43N7/c1-3-20-54-46(4-2)50-37-38-51-47-27-14-17-30-55(47)68(44-23-10-6-11-24-44)58(51)60(50)70(54)63-65-62(43-35-33-42(34-36-43)41-21-8-5-9-22-41)66-64(67-63)71-57-32-19-16-29-49(57)53-40-39-52-48-28-15-18-31-56(48)69(59(52)61(53)71)45-25-12-7-13-26-45/h3-40H,2H2,1H3/b20-3-. The zero-order valence-electron chi connectivity index (χ0n) is 38.8. The molecule has 0 spiro atoms. The van der Waals surface area contributed by atoms with Gasteiger partial charge >= 0.3 is 0 Å². The van der Waals surface area contributed by atoms with Crippen molar-refractivity contribution >= 4 is 88.5 Å². The zero-order chi connectivity index (χ0) is 47.2. The minimum atomic E-state index is 0.488. The molecular formula is C64H43N7. The van der Waals surface area contributed by atoms with Gasteiger partial charge in [-0.25, -0.2) is 0 Å². The third-order valence-electron chi connectivity index (χ3n) is 14.1. The van der Waals surface area contributed by atoms with Crippen molar-refractivity contribution in [3.63, 3.8) is 0 Å². The predicted molar refractivity (Wildman–Crippen MR) is 295 cm³/mol. The van der Waals surface area contributed by atoms with Crippen LogP contribution in [0.25, 0.3) is 134 Å². The fourth-order valence-corrected chi connectivity index (χ4v) is 11.1. The van der Waals surface area contributed by atoms with Crippen LogP contribution in [0.15, 0.2) is 225 Å². The van der Waals surface area contributed by atoms with Gasteiger partial charge in [-0.2, -0.15) is 15.0 Å². The number of hydrogen-bond donors (Lipinski definition) is 0. The molecule has 5 heterocycles. The van der Waals surface area contributed by atoms with Crippen molar-refractivity contribution < 1.29 is 0 Å². The largest absolute Gasteiger partial charge is 0.307 e. The van der Waals surface area contributed by atoms with Gasteiger partial charge in [-0.3, -0.25) is 9.13 Å². The van der Waals surface area contributed by atoms with E-state index in [9.17, 15) is 0 Å². The number of aromatic nitrogens is 7. The molecule has 0 unspecified atom stereocenters. The van der Waals surface area contributed by atoms with E-state index in [4.69, 9.17) is 15.0 Å². The summed E-state index contributed by atoms with van der Waals surface area (Å²) in [6.07, 6.45) is 6.20. The molecule has 0 radical (unpaired) electrons. The van der Waals surface area contributed by atoms with Crippen molar-refractivity contribution in [3.05, 3.63) is 236 Å². The van der Waals surface area contributed by atoms with Crippen LogP contribution in [0.3, 0.4) is 0 Å². The Labute approximate surface area is 408 Å². The summed E-state index contributed by atoms with van der Waals surface area (Å²) in [4.78, 5) is 16.8. The van der Waals surface area contributed by atoms with Crippen LogP contribution in [-0.2, 0) is 0 Å². The topological polar surface area (TPSA) is 58.4 Å². The minimum absolute atomic E-state index is 0.488. The maximum absolute atomic E-state index is 5.72. The molecule has 0 saturated carbocycles. The molecule has 0 amide bonds. The molecule has 0 bridgehead atoms. The lowest BCUT2D eigenvalue weighted by Gasteiger charge is -2.15. The van der Waals surface area contributed by atoms with Crippen molar-refractivity contribution in [3.8, 4) is 45.8 Å². The van der Waals surface area contributed by atoms with Crippen LogP contribution in [0.1, 0.15) is 18.2 Å². The highest BCUT2D eigenvalue weighted by Crippen LogP contribution is 2.44. The van der Waals surface area contributed by atoms with E-state index in [1.54, 1.807) is 0 Å². The van der Waals surface area contributed by atoms with Crippen molar-refractivity contribution in [2.24, 2.45) is 0 Å². The number of benzene rings is 9. The minimum Gasteiger partial charge on any atom is -0.307 e. The molecule has 0 aliphatic carbocycles. The Morgan fingerprint density at radius 3 is 1.25 bits per heavy atom. The summed E-state index contributed by atoms with van der Waals surface area (Å²) >= 11 is 0. The molecule has 7 nitrogen and oxygen atoms in total. The second-order valence-electron chi connectivity index (χ2n) is 18.0. The van der Waals surface area contributed by atoms with E-state index in [-0.39, 0.29) is 0 Å². The van der Waals surface area contributed by atoms with Gasteiger partial charge in [0.2, 0.25) is 11.9 Å². The van der Waals surface area contributed by atoms with Crippen molar-refractivity contribution in [1.82, 2.24) is 33.2 Å². The Morgan fingerprint density at radius 1 is 0.352 bits per heavy atom. The summed E-state index contributed by atoms with van der Waals surface area (Å²) in [5.41, 5.74) is 14.5. The van der Waals surface area contributed by atoms with E-state index in [1.165, 1.54) is 5.39 Å². The van der Waals surface area contributed by atoms with E-state index in [1.807, 2.05) is 12.1 Å². The Kier molecular flexibility index (Phi) is 9.13. The van der Waals surface area contributed by atoms with Gasteiger partial charge in [0, 0.05) is 60.2 Å². The van der Waals surface area contributed by atoms with Gasteiger partial charge in [-0.15, -0.1) is 0 Å². The second-order valence-corrected chi connectivity index (χ2v) is 18.0. The number of para-hydroxylation sites is 5. The van der Waals surface area contributed by atoms with E-state index in [2.05, 4.69) is 250 Å². The molecule has 14 rings (SSSR count). The first-order valence-electron chi connectivity index (χ1n) is 24.0. The average Bonchev–Trinajstić information content (AvgIpc) is 4.17. The lowest BCUT2D eigenvalue weighted by Crippen LogP contribution is -2.12. The predicted octanol–water partition coefficient (Wildman–Crippen LogP) is 16.1. The third-order valence-corrected chi connectivity index (χ3v) is 14.1. The molecule has 9 aromatic carbocycles. The number of fused-ring (bicyclic) bond motifs is 12. The highest BCUT2D eigenvalue weighted by molar-refractivity contribution is 6.24. The van der Waals surface area contributed by atoms with Crippen molar-refractivity contribution in [2.75, 3.05) is 0 Å². The summed E-state index contributed by atoms with van der Waals surface area (Å²) in [6, 6.07) is 75.3. The number of hydrogen-bond acceptors (Lipinski definition) is 3. The summed E-state index contributed by atoms with van der Waals surface area (Å²) in [6.45, 7) is 6.48. The highest BCUT2D eigenvalue weighted by Gasteiger charge is 2.27. The maximum atomic E-state index is 5.72. The summed E-state index contributed by atoms with van der Waals surface area (Å²) in [7, 11) is 0. The lowest BCUT2D eigenvalue weighted by molar-refractivity contribution is 0.877. The van der Waals surface area contributed by atoms with Gasteiger partial charge in [-0.05, 0) is 66.6 Å². The summed E-state index contributed by atoms with van der Waals surface area (Å²) in [5, 5.41) is 7.86. The fraction of sp³-hybridized carbons (Fsp3) is 0.0156. The summed E-state index contributed by atoms with van der Waals surface area (Å²) < 4.78 is 9.29. The first kappa shape index (κ1) is 40.5. The van der Waals surface area contributed by atoms with E-state index >= 15 is 0 Å². The van der Waals surface area contributed by atoms with Crippen LogP contribution < -0.4 is 0 Å². The van der Waals surface area contributed by atoms with Crippen molar-refractivity contribution in [1.29, 1.82) is 0 Å². The Hall–Kier alpha value is -9.59. The van der Waals surface area contributed by atoms with Crippen LogP contribution in [0, 0.1) is 0 Å². The number of allylic oxidation sites excluding steroid dienone is 1. The fourth-order valence-electron chi connectivity index (χ4n) is 11.1. The number of rotatable bonds is 8. The van der Waals surface area contributed by atoms with Crippen LogP contribution in [0.5, 0.6) is 0 Å². The molecule has 0 aliphatic heterocycles. The van der Waals surface area contributed by atoms with Gasteiger partial charge in [-0.1, -0.05) is 189 Å². The highest BCUT2D eigenvalue weighted by atomic mass is 15.3. The molecule has 14 aromatic rings. The van der Waals surface area contributed by atoms with Crippen LogP contribution in [-0.4, -0.2) is 33.2 Å². The molecule has 71 heavy (non-hydrogen) atoms. The SMILES string of the molecule is C=Cc1c(/C=C\C)n(-c2nc(-c3ccc(-c4ccccc4)cc3)nc(-n3c4ccccc4c4ccc5c6ccccc6n(-c6ccccc6)c5c43)n2)c2c1ccc1c3ccccc3n(-c3ccccc3)c12. The lowest BCUT2D eigenvalue weighted by atomic mass is 10.0. The Balaban J connectivity index is 1.15. The quantitative estimate of drug-likeness (QED) is 0.153. The average molecular weight is 910 g/mol. The molecule has 334 valence electrons. The number of nitrogens with zero attached hydrogens (tertiary/aromatic N) is 7. The van der Waals surface area contributed by atoms with Crippen LogP contribution in [0.4, 0.5) is 0 Å². The molecular weight excluding hydrogens is 867 g/mol. The molecule has 0 N–H and O–H groups in total. The maximum Gasteiger partial charge on any atom is 0.240 e. The molecule has 5 aromatic heterocycles. The van der Waals surface area contributed by atoms with E-state index < -0.39 is 0 Å². The van der Waals surface area contributed by atoms with Crippen LogP contribution in [0.2, 0.25) is 0 Å². The second kappa shape index (κ2) is 16.0. The zero-order valence-corrected chi connectivity index (χ0v) is 38.8. The smallest absolute Gasteiger partial charge is 0.240 e. The van der Waals surface area contributed by atoms with Gasteiger partial charge in [0.15, 0.2) is 5.82 Å². The van der Waals surface area contributed by atoms with Gasteiger partial charge in [0.1, 0.15) is 0 Å². The Bertz CT molecular complexity index is 4460. The summed E-state index contributed by atoms with van der Waals surface area (Å²) in [5.74, 6) is 1.54. The molecule has 0 aliphatic rings. The first-order valence-corrected chi connectivity index (χ1v) is 24.0. The molecule has 7 heteroatoms. The van der Waals surface area contributed by atoms with Crippen molar-refractivity contribution in [2.45, 2.75) is 6.92 Å². The van der Waals surface area contributed by atoms with Gasteiger partial charge in [0.25, 0.3) is 0 Å². The van der Waals surface area contributed by atoms with E-state index in [0.717, 1.165) is 110 Å². The Morgan fingerprint density at radius 2 is 0.746 bits per heavy atom. The molecule has 0 saturated heterocycles. The first-order chi connectivity index (χ1) is 35.2. The van der Waals surface area contributed by atoms with Gasteiger partial charge < -0.3 is 9.13 Å². The molecule has 0 atom stereocenters. The van der Waals surface area contributed by atoms with Crippen LogP contribution >= 0.6 is 0 Å². The van der Waals surface area contributed by atoms with Gasteiger partial charge in [0.05, 0.1) is 44.3 Å². The normalized spacial score (nSPS) is 12.0. The molecule has 0 fully saturated rings.